The van der Waals surface area contributed by atoms with Gasteiger partial charge in [0.2, 0.25) is 0 Å². The van der Waals surface area contributed by atoms with Gasteiger partial charge in [-0.25, -0.2) is 0 Å². The summed E-state index contributed by atoms with van der Waals surface area (Å²) in [4.78, 5) is 10.3. The van der Waals surface area contributed by atoms with Gasteiger partial charge in [-0.3, -0.25) is 0 Å². The number of nitrogens with zero attached hydrogens (tertiary/aromatic N) is 1. The van der Waals surface area contributed by atoms with Crippen LogP contribution in [0.25, 0.3) is 0 Å². The van der Waals surface area contributed by atoms with Crippen molar-refractivity contribution in [3.63, 3.8) is 0 Å². The minimum absolute atomic E-state index is 0.619. The molecule has 0 saturated carbocycles. The maximum atomic E-state index is 10.3. The van der Waals surface area contributed by atoms with Crippen LogP contribution in [0.15, 0.2) is 59.1 Å². The van der Waals surface area contributed by atoms with E-state index in [9.17, 15) is 4.91 Å². The Morgan fingerprint density at radius 1 is 1.07 bits per heavy atom. The van der Waals surface area contributed by atoms with E-state index in [2.05, 4.69) is 10.5 Å². The van der Waals surface area contributed by atoms with E-state index in [0.717, 1.165) is 24.2 Å². The molecule has 0 spiro atoms. The Balaban J connectivity index is 2.06. The van der Waals surface area contributed by atoms with Gasteiger partial charge in [0, 0.05) is 11.4 Å². The van der Waals surface area contributed by atoms with E-state index in [4.69, 9.17) is 0 Å². The first-order valence-electron chi connectivity index (χ1n) is 4.93. The van der Waals surface area contributed by atoms with Gasteiger partial charge in [-0.15, -0.1) is 4.91 Å². The van der Waals surface area contributed by atoms with Crippen LogP contribution in [0.3, 0.4) is 0 Å². The second-order valence-electron chi connectivity index (χ2n) is 3.43. The van der Waals surface area contributed by atoms with E-state index < -0.39 is 0 Å². The number of rotatable bonds is 3. The average molecular weight is 200 g/mol. The van der Waals surface area contributed by atoms with Gasteiger partial charge in [0.15, 0.2) is 0 Å². The molecule has 1 aromatic carbocycles. The molecule has 3 nitrogen and oxygen atoms in total. The molecule has 1 aliphatic carbocycles. The number of benzene rings is 1. The average Bonchev–Trinajstić information content (AvgIpc) is 2.31. The first kappa shape index (κ1) is 9.65. The van der Waals surface area contributed by atoms with Crippen LogP contribution in [0.4, 0.5) is 5.69 Å². The second-order valence-corrected chi connectivity index (χ2v) is 3.43. The molecule has 15 heavy (non-hydrogen) atoms. The predicted molar refractivity (Wildman–Crippen MR) is 61.3 cm³/mol. The van der Waals surface area contributed by atoms with Crippen molar-refractivity contribution < 1.29 is 0 Å². The Hall–Kier alpha value is -1.90. The van der Waals surface area contributed by atoms with Crippen LogP contribution >= 0.6 is 0 Å². The Labute approximate surface area is 88.5 Å². The van der Waals surface area contributed by atoms with Crippen molar-refractivity contribution in [1.82, 2.24) is 0 Å². The van der Waals surface area contributed by atoms with Gasteiger partial charge in [-0.1, -0.05) is 18.2 Å². The highest BCUT2D eigenvalue weighted by molar-refractivity contribution is 5.49. The largest absolute Gasteiger partial charge is 0.359 e. The number of para-hydroxylation sites is 1. The summed E-state index contributed by atoms with van der Waals surface area (Å²) >= 11 is 0. The highest BCUT2D eigenvalue weighted by Gasteiger charge is 2.06. The molecule has 1 aliphatic rings. The minimum atomic E-state index is 0.619. The number of allylic oxidation sites excluding steroid dienone is 4. The quantitative estimate of drug-likeness (QED) is 0.759. The van der Waals surface area contributed by atoms with Crippen molar-refractivity contribution in [2.24, 2.45) is 5.18 Å². The fourth-order valence-corrected chi connectivity index (χ4v) is 1.51. The summed E-state index contributed by atoms with van der Waals surface area (Å²) in [5.41, 5.74) is 2.81. The maximum absolute atomic E-state index is 10.3. The smallest absolute Gasteiger partial charge is 0.0853 e. The first-order valence-corrected chi connectivity index (χ1v) is 4.93. The molecule has 0 unspecified atom stereocenters. The first-order chi connectivity index (χ1) is 7.38. The normalized spacial score (nSPS) is 15.2. The third kappa shape index (κ3) is 2.53. The zero-order chi connectivity index (χ0) is 10.5. The third-order valence-electron chi connectivity index (χ3n) is 2.32. The van der Waals surface area contributed by atoms with Gasteiger partial charge in [0.25, 0.3) is 0 Å². The summed E-state index contributed by atoms with van der Waals surface area (Å²) < 4.78 is 0. The summed E-state index contributed by atoms with van der Waals surface area (Å²) in [6.07, 6.45) is 5.23. The van der Waals surface area contributed by atoms with Crippen LogP contribution in [0.1, 0.15) is 12.8 Å². The minimum Gasteiger partial charge on any atom is -0.359 e. The Bertz CT molecular complexity index is 407. The number of hydrogen-bond acceptors (Lipinski definition) is 3. The van der Waals surface area contributed by atoms with Crippen molar-refractivity contribution in [3.8, 4) is 0 Å². The van der Waals surface area contributed by atoms with Gasteiger partial charge in [-0.2, -0.15) is 0 Å². The molecule has 1 N–H and O–H groups in total. The van der Waals surface area contributed by atoms with E-state index >= 15 is 0 Å². The second kappa shape index (κ2) is 4.55. The van der Waals surface area contributed by atoms with E-state index in [0.29, 0.717) is 5.70 Å². The van der Waals surface area contributed by atoms with Crippen LogP contribution in [0, 0.1) is 4.91 Å². The molecule has 3 heteroatoms. The molecule has 76 valence electrons. The Morgan fingerprint density at radius 2 is 1.87 bits per heavy atom. The lowest BCUT2D eigenvalue weighted by atomic mass is 10.1. The highest BCUT2D eigenvalue weighted by Crippen LogP contribution is 2.20. The summed E-state index contributed by atoms with van der Waals surface area (Å²) in [7, 11) is 0. The zero-order valence-corrected chi connectivity index (χ0v) is 8.31. The van der Waals surface area contributed by atoms with Crippen LogP contribution in [-0.2, 0) is 0 Å². The maximum Gasteiger partial charge on any atom is 0.0853 e. The lowest BCUT2D eigenvalue weighted by Gasteiger charge is -2.13. The van der Waals surface area contributed by atoms with Crippen LogP contribution in [0.5, 0.6) is 0 Å². The molecule has 0 fully saturated rings. The number of anilines is 1. The van der Waals surface area contributed by atoms with Gasteiger partial charge in [0.1, 0.15) is 0 Å². The summed E-state index contributed by atoms with van der Waals surface area (Å²) in [6.45, 7) is 0. The predicted octanol–water partition coefficient (Wildman–Crippen LogP) is 3.43. The molecular formula is C12H12N2O. The van der Waals surface area contributed by atoms with Gasteiger partial charge >= 0.3 is 0 Å². The van der Waals surface area contributed by atoms with Gasteiger partial charge in [-0.05, 0) is 42.3 Å². The lowest BCUT2D eigenvalue weighted by Crippen LogP contribution is -2.02. The summed E-state index contributed by atoms with van der Waals surface area (Å²) in [5.74, 6) is 0. The standard InChI is InChI=1S/C12H12N2O/c15-14-12-8-6-11(7-9-12)13-10-4-2-1-3-5-10/h1-6,8,13H,7,9H2. The molecule has 0 amide bonds. The third-order valence-corrected chi connectivity index (χ3v) is 2.32. The van der Waals surface area contributed by atoms with E-state index in [1.165, 1.54) is 0 Å². The van der Waals surface area contributed by atoms with Gasteiger partial charge < -0.3 is 5.32 Å². The van der Waals surface area contributed by atoms with Crippen molar-refractivity contribution in [2.75, 3.05) is 5.32 Å². The number of nitrogens with one attached hydrogen (secondary N) is 1. The number of hydrogen-bond donors (Lipinski definition) is 1. The molecule has 1 aromatic rings. The van der Waals surface area contributed by atoms with E-state index in [-0.39, 0.29) is 0 Å². The van der Waals surface area contributed by atoms with Crippen molar-refractivity contribution >= 4 is 5.69 Å². The molecule has 0 atom stereocenters. The fourth-order valence-electron chi connectivity index (χ4n) is 1.51. The molecule has 0 aliphatic heterocycles. The van der Waals surface area contributed by atoms with Crippen molar-refractivity contribution in [1.29, 1.82) is 0 Å². The molecule has 0 heterocycles. The topological polar surface area (TPSA) is 41.5 Å². The lowest BCUT2D eigenvalue weighted by molar-refractivity contribution is 0.894. The molecule has 0 bridgehead atoms. The molecule has 0 radical (unpaired) electrons. The molecule has 2 rings (SSSR count). The van der Waals surface area contributed by atoms with E-state index in [1.54, 1.807) is 6.08 Å². The van der Waals surface area contributed by atoms with Crippen LogP contribution in [-0.4, -0.2) is 0 Å². The van der Waals surface area contributed by atoms with E-state index in [1.807, 2.05) is 36.4 Å². The van der Waals surface area contributed by atoms with Crippen LogP contribution < -0.4 is 5.32 Å². The van der Waals surface area contributed by atoms with Gasteiger partial charge in [0.05, 0.1) is 5.70 Å². The van der Waals surface area contributed by atoms with Crippen molar-refractivity contribution in [2.45, 2.75) is 12.8 Å². The Kier molecular flexibility index (Phi) is 2.93. The fraction of sp³-hybridized carbons (Fsp3) is 0.167. The molecule has 0 saturated heterocycles. The monoisotopic (exact) mass is 200 g/mol. The summed E-state index contributed by atoms with van der Waals surface area (Å²) in [6, 6.07) is 9.98. The highest BCUT2D eigenvalue weighted by atomic mass is 16.3. The van der Waals surface area contributed by atoms with Crippen LogP contribution in [0.2, 0.25) is 0 Å². The van der Waals surface area contributed by atoms with Crippen molar-refractivity contribution in [3.05, 3.63) is 58.8 Å². The zero-order valence-electron chi connectivity index (χ0n) is 8.31. The SMILES string of the molecule is O=NC1=CC=C(Nc2ccccc2)CC1. The summed E-state index contributed by atoms with van der Waals surface area (Å²) in [5, 5.41) is 6.23. The molecular weight excluding hydrogens is 188 g/mol. The Morgan fingerprint density at radius 3 is 2.47 bits per heavy atom. The molecule has 0 aromatic heterocycles. The number of nitroso groups, excluding NO2 is 1.